The highest BCUT2D eigenvalue weighted by Crippen LogP contribution is 2.55. The lowest BCUT2D eigenvalue weighted by Gasteiger charge is -2.38. The second kappa shape index (κ2) is 8.82. The number of ether oxygens (including phenoxy) is 2. The molecule has 1 aliphatic carbocycles. The quantitative estimate of drug-likeness (QED) is 0.467. The van der Waals surface area contributed by atoms with Gasteiger partial charge in [0, 0.05) is 42.7 Å². The van der Waals surface area contributed by atoms with E-state index in [2.05, 4.69) is 13.8 Å². The van der Waals surface area contributed by atoms with Crippen molar-refractivity contribution in [3.63, 3.8) is 0 Å². The van der Waals surface area contributed by atoms with Crippen molar-refractivity contribution in [3.8, 4) is 0 Å². The number of aliphatic hydroxyl groups is 1. The summed E-state index contributed by atoms with van der Waals surface area (Å²) >= 11 is 0. The minimum Gasteiger partial charge on any atom is -0.388 e. The van der Waals surface area contributed by atoms with Gasteiger partial charge in [-0.15, -0.1) is 0 Å². The SMILES string of the molecule is COCCC1(C)O[C@H](c2ccc(C(F)(F)F)c(F)c2)c2c(C(C)C)nc3c(c21)C(O)CC(C)(C)C3. The topological polar surface area (TPSA) is 51.6 Å². The van der Waals surface area contributed by atoms with Crippen LogP contribution in [-0.4, -0.2) is 23.8 Å². The molecule has 0 amide bonds. The highest BCUT2D eigenvalue weighted by atomic mass is 19.4. The smallest absolute Gasteiger partial charge is 0.388 e. The number of alkyl halides is 3. The molecule has 1 N–H and O–H groups in total. The van der Waals surface area contributed by atoms with Crippen molar-refractivity contribution in [1.29, 1.82) is 0 Å². The van der Waals surface area contributed by atoms with Gasteiger partial charge >= 0.3 is 6.18 Å². The zero-order valence-corrected chi connectivity index (χ0v) is 21.0. The Labute approximate surface area is 203 Å². The first-order valence-corrected chi connectivity index (χ1v) is 12.0. The Bertz CT molecular complexity index is 1130. The van der Waals surface area contributed by atoms with Gasteiger partial charge in [0.25, 0.3) is 0 Å². The molecular formula is C27H33F4NO3. The van der Waals surface area contributed by atoms with Crippen molar-refractivity contribution in [1.82, 2.24) is 4.98 Å². The maximum absolute atomic E-state index is 14.6. The van der Waals surface area contributed by atoms with Gasteiger partial charge in [0.1, 0.15) is 11.9 Å². The van der Waals surface area contributed by atoms with Crippen LogP contribution >= 0.6 is 0 Å². The summed E-state index contributed by atoms with van der Waals surface area (Å²) in [4.78, 5) is 4.99. The molecule has 0 saturated heterocycles. The lowest BCUT2D eigenvalue weighted by Crippen LogP contribution is -2.32. The number of aliphatic hydroxyl groups excluding tert-OH is 1. The molecule has 0 spiro atoms. The van der Waals surface area contributed by atoms with Crippen LogP contribution in [-0.2, 0) is 27.7 Å². The van der Waals surface area contributed by atoms with Crippen LogP contribution in [0.1, 0.15) is 105 Å². The van der Waals surface area contributed by atoms with Crippen molar-refractivity contribution >= 4 is 0 Å². The average Bonchev–Trinajstić information content (AvgIpc) is 3.03. The number of methoxy groups -OCH3 is 1. The summed E-state index contributed by atoms with van der Waals surface area (Å²) in [6.45, 7) is 10.5. The van der Waals surface area contributed by atoms with Crippen LogP contribution < -0.4 is 0 Å². The number of hydrogen-bond donors (Lipinski definition) is 1. The lowest BCUT2D eigenvalue weighted by atomic mass is 9.70. The van der Waals surface area contributed by atoms with E-state index in [1.807, 2.05) is 20.8 Å². The van der Waals surface area contributed by atoms with Gasteiger partial charge in [-0.3, -0.25) is 4.98 Å². The van der Waals surface area contributed by atoms with Crippen molar-refractivity contribution < 1.29 is 32.1 Å². The highest BCUT2D eigenvalue weighted by Gasteiger charge is 2.49. The number of pyridine rings is 1. The summed E-state index contributed by atoms with van der Waals surface area (Å²) in [5.74, 6) is -1.36. The number of benzene rings is 1. The Morgan fingerprint density at radius 2 is 1.89 bits per heavy atom. The third kappa shape index (κ3) is 4.60. The number of rotatable bonds is 5. The molecule has 192 valence electrons. The second-order valence-corrected chi connectivity index (χ2v) is 11.1. The third-order valence-corrected chi connectivity index (χ3v) is 7.21. The zero-order chi connectivity index (χ0) is 25.9. The highest BCUT2D eigenvalue weighted by molar-refractivity contribution is 5.54. The molecule has 3 atom stereocenters. The molecule has 35 heavy (non-hydrogen) atoms. The molecule has 4 nitrogen and oxygen atoms in total. The summed E-state index contributed by atoms with van der Waals surface area (Å²) < 4.78 is 66.1. The fourth-order valence-electron chi connectivity index (χ4n) is 5.62. The van der Waals surface area contributed by atoms with E-state index in [0.29, 0.717) is 25.9 Å². The molecule has 0 fully saturated rings. The van der Waals surface area contributed by atoms with Crippen molar-refractivity contribution in [2.45, 2.75) is 83.8 Å². The Balaban J connectivity index is 1.97. The molecule has 0 bridgehead atoms. The molecule has 0 saturated carbocycles. The molecule has 1 aromatic heterocycles. The molecule has 0 radical (unpaired) electrons. The second-order valence-electron chi connectivity index (χ2n) is 11.1. The molecule has 1 aliphatic heterocycles. The van der Waals surface area contributed by atoms with Crippen LogP contribution in [0.2, 0.25) is 0 Å². The molecule has 2 aliphatic rings. The van der Waals surface area contributed by atoms with Crippen LogP contribution in [0, 0.1) is 11.2 Å². The summed E-state index contributed by atoms with van der Waals surface area (Å²) in [5.41, 5.74) is 1.79. The first kappa shape index (κ1) is 26.0. The predicted octanol–water partition coefficient (Wildman–Crippen LogP) is 6.74. The molecule has 2 heterocycles. The van der Waals surface area contributed by atoms with Crippen LogP contribution in [0.25, 0.3) is 0 Å². The van der Waals surface area contributed by atoms with E-state index >= 15 is 0 Å². The maximum Gasteiger partial charge on any atom is 0.419 e. The molecule has 1 aromatic carbocycles. The average molecular weight is 496 g/mol. The van der Waals surface area contributed by atoms with Crippen molar-refractivity contribution in [3.05, 3.63) is 63.2 Å². The Morgan fingerprint density at radius 3 is 2.46 bits per heavy atom. The van der Waals surface area contributed by atoms with E-state index < -0.39 is 35.4 Å². The summed E-state index contributed by atoms with van der Waals surface area (Å²) in [7, 11) is 1.58. The molecule has 4 rings (SSSR count). The number of nitrogens with zero attached hydrogens (tertiary/aromatic N) is 1. The third-order valence-electron chi connectivity index (χ3n) is 7.21. The Morgan fingerprint density at radius 1 is 1.20 bits per heavy atom. The van der Waals surface area contributed by atoms with Gasteiger partial charge in [0.2, 0.25) is 0 Å². The minimum absolute atomic E-state index is 0.0218. The van der Waals surface area contributed by atoms with Crippen molar-refractivity contribution in [2.24, 2.45) is 5.41 Å². The molecule has 2 unspecified atom stereocenters. The normalized spacial score (nSPS) is 25.6. The van der Waals surface area contributed by atoms with E-state index in [4.69, 9.17) is 14.5 Å². The van der Waals surface area contributed by atoms with E-state index in [-0.39, 0.29) is 16.9 Å². The number of aromatic nitrogens is 1. The zero-order valence-electron chi connectivity index (χ0n) is 21.0. The van der Waals surface area contributed by atoms with Gasteiger partial charge in [0.15, 0.2) is 0 Å². The van der Waals surface area contributed by atoms with Gasteiger partial charge in [-0.25, -0.2) is 4.39 Å². The van der Waals surface area contributed by atoms with Crippen molar-refractivity contribution in [2.75, 3.05) is 13.7 Å². The standard InChI is InChI=1S/C27H33F4NO3/c1-14(2)23-21-22(20-18(32-23)12-25(3,4)13-19(20)33)26(5,9-10-34-6)35-24(21)15-7-8-16(17(28)11-15)27(29,30)31/h7-8,11,14,19,24,33H,9-10,12-13H2,1-6H3/t19?,24-,26?/m1/s1. The minimum atomic E-state index is -4.79. The van der Waals surface area contributed by atoms with Crippen LogP contribution in [0.4, 0.5) is 17.6 Å². The van der Waals surface area contributed by atoms with Crippen LogP contribution in [0.5, 0.6) is 0 Å². The number of halogens is 4. The Hall–Kier alpha value is -2.03. The van der Waals surface area contributed by atoms with E-state index in [1.54, 1.807) is 7.11 Å². The Kier molecular flexibility index (Phi) is 6.56. The predicted molar refractivity (Wildman–Crippen MR) is 124 cm³/mol. The number of fused-ring (bicyclic) bond motifs is 3. The van der Waals surface area contributed by atoms with Gasteiger partial charge in [-0.1, -0.05) is 33.8 Å². The van der Waals surface area contributed by atoms with Crippen LogP contribution in [0.3, 0.4) is 0 Å². The summed E-state index contributed by atoms with van der Waals surface area (Å²) in [6.07, 6.45) is -4.67. The fraction of sp³-hybridized carbons (Fsp3) is 0.593. The first-order chi connectivity index (χ1) is 16.2. The molecule has 2 aromatic rings. The van der Waals surface area contributed by atoms with Gasteiger partial charge in [0.05, 0.1) is 17.3 Å². The molecule has 8 heteroatoms. The monoisotopic (exact) mass is 495 g/mol. The largest absolute Gasteiger partial charge is 0.419 e. The maximum atomic E-state index is 14.6. The van der Waals surface area contributed by atoms with Gasteiger partial charge in [-0.2, -0.15) is 13.2 Å². The fourth-order valence-corrected chi connectivity index (χ4v) is 5.62. The van der Waals surface area contributed by atoms with Gasteiger partial charge < -0.3 is 14.6 Å². The van der Waals surface area contributed by atoms with Gasteiger partial charge in [-0.05, 0) is 54.4 Å². The molecular weight excluding hydrogens is 462 g/mol. The number of hydrogen-bond acceptors (Lipinski definition) is 4. The summed E-state index contributed by atoms with van der Waals surface area (Å²) in [5, 5.41) is 11.3. The van der Waals surface area contributed by atoms with E-state index in [1.165, 1.54) is 6.07 Å². The van der Waals surface area contributed by atoms with E-state index in [9.17, 15) is 22.7 Å². The van der Waals surface area contributed by atoms with Crippen LogP contribution in [0.15, 0.2) is 18.2 Å². The first-order valence-electron chi connectivity index (χ1n) is 12.0. The van der Waals surface area contributed by atoms with E-state index in [0.717, 1.165) is 40.2 Å². The summed E-state index contributed by atoms with van der Waals surface area (Å²) in [6, 6.07) is 2.94. The lowest BCUT2D eigenvalue weighted by molar-refractivity contribution is -0.140.